The highest BCUT2D eigenvalue weighted by atomic mass is 16.5. The maximum atomic E-state index is 11.2. The fourth-order valence-electron chi connectivity index (χ4n) is 2.90. The highest BCUT2D eigenvalue weighted by Crippen LogP contribution is 2.49. The number of rotatable bonds is 2. The minimum atomic E-state index is -0.698. The molecule has 5 unspecified atom stereocenters. The second-order valence-electron chi connectivity index (χ2n) is 6.52. The average molecular weight is 226 g/mol. The first kappa shape index (κ1) is 11.9. The van der Waals surface area contributed by atoms with E-state index >= 15 is 0 Å². The first-order chi connectivity index (χ1) is 7.30. The molecule has 1 saturated heterocycles. The lowest BCUT2D eigenvalue weighted by Gasteiger charge is -2.29. The molecule has 0 aromatic rings. The molecule has 5 atom stereocenters. The largest absolute Gasteiger partial charge is 0.481 e. The van der Waals surface area contributed by atoms with Gasteiger partial charge in [-0.3, -0.25) is 4.79 Å². The Labute approximate surface area is 97.2 Å². The van der Waals surface area contributed by atoms with Gasteiger partial charge in [0.25, 0.3) is 0 Å². The lowest BCUT2D eigenvalue weighted by Crippen LogP contribution is -2.35. The molecule has 0 aromatic heterocycles. The standard InChI is InChI=1S/C13H22O3/c1-7-5-8(7)10-6-9(12(14)15)11(16-10)13(2,3)4/h7-11H,5-6H2,1-4H3,(H,14,15). The van der Waals surface area contributed by atoms with E-state index in [1.165, 1.54) is 6.42 Å². The van der Waals surface area contributed by atoms with Crippen LogP contribution in [0.15, 0.2) is 0 Å². The number of carboxylic acid groups (broad SMARTS) is 1. The fraction of sp³-hybridized carbons (Fsp3) is 0.923. The van der Waals surface area contributed by atoms with Gasteiger partial charge >= 0.3 is 5.97 Å². The molecular weight excluding hydrogens is 204 g/mol. The summed E-state index contributed by atoms with van der Waals surface area (Å²) in [6.07, 6.45) is 1.95. The van der Waals surface area contributed by atoms with Crippen molar-refractivity contribution in [2.24, 2.45) is 23.2 Å². The van der Waals surface area contributed by atoms with Gasteiger partial charge in [0.05, 0.1) is 18.1 Å². The summed E-state index contributed by atoms with van der Waals surface area (Å²) in [6.45, 7) is 8.40. The molecule has 2 aliphatic rings. The minimum Gasteiger partial charge on any atom is -0.481 e. The maximum Gasteiger partial charge on any atom is 0.309 e. The van der Waals surface area contributed by atoms with E-state index in [9.17, 15) is 9.90 Å². The molecule has 1 saturated carbocycles. The van der Waals surface area contributed by atoms with Crippen molar-refractivity contribution in [1.82, 2.24) is 0 Å². The number of ether oxygens (including phenoxy) is 1. The van der Waals surface area contributed by atoms with E-state index in [0.29, 0.717) is 12.3 Å². The molecular formula is C13H22O3. The Morgan fingerprint density at radius 3 is 2.19 bits per heavy atom. The highest BCUT2D eigenvalue weighted by Gasteiger charge is 2.51. The molecule has 0 radical (unpaired) electrons. The molecule has 2 rings (SSSR count). The molecule has 1 aliphatic heterocycles. The predicted octanol–water partition coefficient (Wildman–Crippen LogP) is 2.55. The van der Waals surface area contributed by atoms with Crippen molar-refractivity contribution in [1.29, 1.82) is 0 Å². The number of aliphatic carboxylic acids is 1. The summed E-state index contributed by atoms with van der Waals surface area (Å²) in [5, 5.41) is 9.25. The summed E-state index contributed by atoms with van der Waals surface area (Å²) in [6, 6.07) is 0. The summed E-state index contributed by atoms with van der Waals surface area (Å²) in [5.74, 6) is 0.306. The molecule has 0 bridgehead atoms. The summed E-state index contributed by atoms with van der Waals surface area (Å²) in [4.78, 5) is 11.2. The van der Waals surface area contributed by atoms with E-state index in [-0.39, 0.29) is 23.5 Å². The van der Waals surface area contributed by atoms with Gasteiger partial charge in [-0.05, 0) is 30.1 Å². The lowest BCUT2D eigenvalue weighted by molar-refractivity contribution is -0.146. The van der Waals surface area contributed by atoms with E-state index in [1.54, 1.807) is 0 Å². The third-order valence-electron chi connectivity index (χ3n) is 3.99. The average Bonchev–Trinajstić information content (AvgIpc) is 2.70. The molecule has 2 fully saturated rings. The molecule has 3 nitrogen and oxygen atoms in total. The summed E-state index contributed by atoms with van der Waals surface area (Å²) in [5.41, 5.74) is -0.0874. The number of carboxylic acids is 1. The van der Waals surface area contributed by atoms with E-state index < -0.39 is 5.97 Å². The minimum absolute atomic E-state index is 0.0874. The van der Waals surface area contributed by atoms with Crippen LogP contribution in [0.2, 0.25) is 0 Å². The Kier molecular flexibility index (Phi) is 2.77. The normalized spacial score (nSPS) is 43.4. The van der Waals surface area contributed by atoms with E-state index in [2.05, 4.69) is 27.7 Å². The van der Waals surface area contributed by atoms with Crippen LogP contribution in [0.25, 0.3) is 0 Å². The van der Waals surface area contributed by atoms with Gasteiger partial charge in [0.15, 0.2) is 0 Å². The van der Waals surface area contributed by atoms with Gasteiger partial charge in [0.2, 0.25) is 0 Å². The second-order valence-corrected chi connectivity index (χ2v) is 6.52. The van der Waals surface area contributed by atoms with Gasteiger partial charge < -0.3 is 9.84 Å². The van der Waals surface area contributed by atoms with E-state index in [4.69, 9.17) is 4.74 Å². The van der Waals surface area contributed by atoms with Gasteiger partial charge in [0, 0.05) is 0 Å². The van der Waals surface area contributed by atoms with Crippen LogP contribution in [-0.2, 0) is 9.53 Å². The van der Waals surface area contributed by atoms with E-state index in [1.807, 2.05) is 0 Å². The van der Waals surface area contributed by atoms with Crippen molar-refractivity contribution in [3.05, 3.63) is 0 Å². The molecule has 0 aromatic carbocycles. The van der Waals surface area contributed by atoms with E-state index in [0.717, 1.165) is 5.92 Å². The SMILES string of the molecule is CC1CC1C1CC(C(=O)O)C(C(C)(C)C)O1. The van der Waals surface area contributed by atoms with Crippen molar-refractivity contribution in [2.45, 2.75) is 52.7 Å². The van der Waals surface area contributed by atoms with Crippen LogP contribution in [0.5, 0.6) is 0 Å². The van der Waals surface area contributed by atoms with Crippen molar-refractivity contribution >= 4 is 5.97 Å². The second kappa shape index (κ2) is 3.73. The smallest absolute Gasteiger partial charge is 0.309 e. The molecule has 16 heavy (non-hydrogen) atoms. The molecule has 1 heterocycles. The fourth-order valence-corrected chi connectivity index (χ4v) is 2.90. The van der Waals surface area contributed by atoms with Crippen molar-refractivity contribution in [3.8, 4) is 0 Å². The van der Waals surface area contributed by atoms with Gasteiger partial charge in [-0.2, -0.15) is 0 Å². The van der Waals surface area contributed by atoms with Crippen LogP contribution in [0.3, 0.4) is 0 Å². The summed E-state index contributed by atoms with van der Waals surface area (Å²) < 4.78 is 6.01. The first-order valence-corrected chi connectivity index (χ1v) is 6.19. The predicted molar refractivity (Wildman–Crippen MR) is 61.1 cm³/mol. The summed E-state index contributed by atoms with van der Waals surface area (Å²) in [7, 11) is 0. The lowest BCUT2D eigenvalue weighted by atomic mass is 9.81. The third kappa shape index (κ3) is 2.10. The van der Waals surface area contributed by atoms with Crippen molar-refractivity contribution in [3.63, 3.8) is 0 Å². The molecule has 1 N–H and O–H groups in total. The zero-order valence-electron chi connectivity index (χ0n) is 10.6. The monoisotopic (exact) mass is 226 g/mol. The molecule has 3 heteroatoms. The molecule has 0 amide bonds. The Morgan fingerprint density at radius 1 is 1.31 bits per heavy atom. The van der Waals surface area contributed by atoms with Crippen LogP contribution in [0.4, 0.5) is 0 Å². The third-order valence-corrected chi connectivity index (χ3v) is 3.99. The Balaban J connectivity index is 2.09. The van der Waals surface area contributed by atoms with Gasteiger partial charge in [-0.25, -0.2) is 0 Å². The van der Waals surface area contributed by atoms with Crippen LogP contribution in [0.1, 0.15) is 40.5 Å². The highest BCUT2D eigenvalue weighted by molar-refractivity contribution is 5.71. The van der Waals surface area contributed by atoms with Crippen LogP contribution < -0.4 is 0 Å². The Bertz CT molecular complexity index is 292. The first-order valence-electron chi connectivity index (χ1n) is 6.19. The Morgan fingerprint density at radius 2 is 1.88 bits per heavy atom. The number of carbonyl (C=O) groups is 1. The quantitative estimate of drug-likeness (QED) is 0.787. The molecule has 1 aliphatic carbocycles. The molecule has 0 spiro atoms. The van der Waals surface area contributed by atoms with Gasteiger partial charge in [-0.1, -0.05) is 27.7 Å². The topological polar surface area (TPSA) is 46.5 Å². The molecule has 92 valence electrons. The van der Waals surface area contributed by atoms with Crippen LogP contribution in [0, 0.1) is 23.2 Å². The van der Waals surface area contributed by atoms with Crippen LogP contribution in [-0.4, -0.2) is 23.3 Å². The summed E-state index contributed by atoms with van der Waals surface area (Å²) >= 11 is 0. The zero-order valence-corrected chi connectivity index (χ0v) is 10.6. The van der Waals surface area contributed by atoms with Crippen LogP contribution >= 0.6 is 0 Å². The van der Waals surface area contributed by atoms with Crippen molar-refractivity contribution < 1.29 is 14.6 Å². The van der Waals surface area contributed by atoms with Gasteiger partial charge in [-0.15, -0.1) is 0 Å². The number of hydrogen-bond acceptors (Lipinski definition) is 2. The zero-order chi connectivity index (χ0) is 12.1. The maximum absolute atomic E-state index is 11.2. The number of hydrogen-bond donors (Lipinski definition) is 1. The Hall–Kier alpha value is -0.570. The van der Waals surface area contributed by atoms with Crippen molar-refractivity contribution in [2.75, 3.05) is 0 Å². The van der Waals surface area contributed by atoms with Gasteiger partial charge in [0.1, 0.15) is 0 Å².